The highest BCUT2D eigenvalue weighted by Gasteiger charge is 2.32. The maximum Gasteiger partial charge on any atom is 0.347 e. The summed E-state index contributed by atoms with van der Waals surface area (Å²) in [6, 6.07) is 6.24. The van der Waals surface area contributed by atoms with Gasteiger partial charge in [0.2, 0.25) is 0 Å². The van der Waals surface area contributed by atoms with E-state index in [1.807, 2.05) is 0 Å². The lowest BCUT2D eigenvalue weighted by molar-refractivity contribution is -0.163. The molecule has 1 N–H and O–H groups in total. The molecule has 1 aromatic carbocycles. The van der Waals surface area contributed by atoms with E-state index in [4.69, 9.17) is 14.2 Å². The molecule has 2 unspecified atom stereocenters. The molecule has 8 heteroatoms. The molecule has 1 aliphatic heterocycles. The first kappa shape index (κ1) is 17.6. The van der Waals surface area contributed by atoms with E-state index in [9.17, 15) is 14.4 Å². The van der Waals surface area contributed by atoms with Gasteiger partial charge in [-0.2, -0.15) is 0 Å². The van der Waals surface area contributed by atoms with E-state index >= 15 is 0 Å². The zero-order valence-corrected chi connectivity index (χ0v) is 13.8. The number of methoxy groups -OCH3 is 1. The second kappa shape index (κ2) is 7.67. The number of nitrogens with one attached hydrogen (secondary N) is 1. The minimum atomic E-state index is -1.07. The van der Waals surface area contributed by atoms with Crippen LogP contribution in [0.15, 0.2) is 24.3 Å². The number of ether oxygens (including phenoxy) is 3. The van der Waals surface area contributed by atoms with Crippen LogP contribution in [-0.2, 0) is 14.3 Å². The summed E-state index contributed by atoms with van der Waals surface area (Å²) in [6.45, 7) is 3.60. The molecule has 0 spiro atoms. The van der Waals surface area contributed by atoms with Crippen molar-refractivity contribution in [1.29, 1.82) is 0 Å². The van der Waals surface area contributed by atoms with Crippen LogP contribution in [0.25, 0.3) is 0 Å². The van der Waals surface area contributed by atoms with E-state index in [-0.39, 0.29) is 6.54 Å². The van der Waals surface area contributed by atoms with Crippen LogP contribution in [0.3, 0.4) is 0 Å². The summed E-state index contributed by atoms with van der Waals surface area (Å²) in [7, 11) is 1.55. The predicted octanol–water partition coefficient (Wildman–Crippen LogP) is 0.946. The zero-order valence-electron chi connectivity index (χ0n) is 13.8. The van der Waals surface area contributed by atoms with Gasteiger partial charge in [0.05, 0.1) is 7.11 Å². The normalized spacial score (nSPS) is 16.1. The third-order valence-electron chi connectivity index (χ3n) is 3.47. The molecular weight excluding hydrogens is 316 g/mol. The minimum Gasteiger partial charge on any atom is -0.497 e. The highest BCUT2D eigenvalue weighted by molar-refractivity contribution is 5.98. The molecule has 3 amide bonds. The van der Waals surface area contributed by atoms with Gasteiger partial charge in [-0.05, 0) is 38.1 Å². The van der Waals surface area contributed by atoms with Crippen LogP contribution >= 0.6 is 0 Å². The molecule has 130 valence electrons. The highest BCUT2D eigenvalue weighted by Crippen LogP contribution is 2.18. The third kappa shape index (κ3) is 4.15. The van der Waals surface area contributed by atoms with Crippen molar-refractivity contribution in [3.05, 3.63) is 24.3 Å². The van der Waals surface area contributed by atoms with Crippen LogP contribution in [0.5, 0.6) is 11.5 Å². The molecule has 8 nitrogen and oxygen atoms in total. The number of hydrogen-bond donors (Lipinski definition) is 1. The Bertz CT molecular complexity index is 615. The summed E-state index contributed by atoms with van der Waals surface area (Å²) in [5.41, 5.74) is 0. The Morgan fingerprint density at radius 2 is 1.75 bits per heavy atom. The topological polar surface area (TPSA) is 94.2 Å². The molecule has 0 radical (unpaired) electrons. The van der Waals surface area contributed by atoms with E-state index in [0.29, 0.717) is 18.0 Å². The third-order valence-corrected chi connectivity index (χ3v) is 3.47. The monoisotopic (exact) mass is 336 g/mol. The maximum atomic E-state index is 12.1. The molecule has 1 aliphatic rings. The smallest absolute Gasteiger partial charge is 0.347 e. The van der Waals surface area contributed by atoms with Crippen molar-refractivity contribution >= 4 is 17.9 Å². The Labute approximate surface area is 139 Å². The van der Waals surface area contributed by atoms with Gasteiger partial charge in [-0.15, -0.1) is 0 Å². The first-order valence-electron chi connectivity index (χ1n) is 7.52. The minimum absolute atomic E-state index is 0.261. The van der Waals surface area contributed by atoms with Crippen molar-refractivity contribution in [1.82, 2.24) is 10.2 Å². The van der Waals surface area contributed by atoms with Gasteiger partial charge in [0.15, 0.2) is 12.2 Å². The van der Waals surface area contributed by atoms with E-state index in [0.717, 1.165) is 4.90 Å². The molecule has 0 aromatic heterocycles. The molecule has 0 bridgehead atoms. The fraction of sp³-hybridized carbons (Fsp3) is 0.438. The van der Waals surface area contributed by atoms with Crippen molar-refractivity contribution in [2.45, 2.75) is 26.1 Å². The maximum absolute atomic E-state index is 12.1. The number of carbonyl (C=O) groups is 3. The first-order valence-corrected chi connectivity index (χ1v) is 7.52. The molecule has 1 aromatic rings. The van der Waals surface area contributed by atoms with Gasteiger partial charge in [0.1, 0.15) is 11.5 Å². The van der Waals surface area contributed by atoms with E-state index in [1.165, 1.54) is 13.8 Å². The SMILES string of the molecule is COc1ccc(OC(C)C(=O)OC(C)C(=O)N2CCNC2=O)cc1. The average molecular weight is 336 g/mol. The number of benzene rings is 1. The van der Waals surface area contributed by atoms with Crippen molar-refractivity contribution in [2.75, 3.05) is 20.2 Å². The number of amides is 3. The van der Waals surface area contributed by atoms with Crippen LogP contribution in [0.4, 0.5) is 4.79 Å². The number of esters is 1. The van der Waals surface area contributed by atoms with Gasteiger partial charge in [-0.1, -0.05) is 0 Å². The Hall–Kier alpha value is -2.77. The Balaban J connectivity index is 1.88. The molecule has 1 heterocycles. The summed E-state index contributed by atoms with van der Waals surface area (Å²) < 4.78 is 15.6. The lowest BCUT2D eigenvalue weighted by Crippen LogP contribution is -2.43. The molecular formula is C16H20N2O6. The average Bonchev–Trinajstić information content (AvgIpc) is 3.00. The Morgan fingerprint density at radius 3 is 2.29 bits per heavy atom. The Morgan fingerprint density at radius 1 is 1.12 bits per heavy atom. The van der Waals surface area contributed by atoms with Crippen LogP contribution in [-0.4, -0.2) is 55.2 Å². The van der Waals surface area contributed by atoms with E-state index in [2.05, 4.69) is 5.32 Å². The van der Waals surface area contributed by atoms with Crippen molar-refractivity contribution < 1.29 is 28.6 Å². The van der Waals surface area contributed by atoms with Gasteiger partial charge in [-0.3, -0.25) is 9.69 Å². The summed E-state index contributed by atoms with van der Waals surface area (Å²) >= 11 is 0. The van der Waals surface area contributed by atoms with Gasteiger partial charge in [0, 0.05) is 13.1 Å². The zero-order chi connectivity index (χ0) is 17.7. The summed E-state index contributed by atoms with van der Waals surface area (Å²) in [5, 5.41) is 2.51. The summed E-state index contributed by atoms with van der Waals surface area (Å²) in [5.74, 6) is -0.111. The lowest BCUT2D eigenvalue weighted by Gasteiger charge is -2.20. The van der Waals surface area contributed by atoms with Crippen LogP contribution in [0, 0.1) is 0 Å². The summed E-state index contributed by atoms with van der Waals surface area (Å²) in [6.07, 6.45) is -1.97. The fourth-order valence-corrected chi connectivity index (χ4v) is 2.13. The molecule has 2 rings (SSSR count). The molecule has 2 atom stereocenters. The standard InChI is InChI=1S/C16H20N2O6/c1-10(14(19)18-9-8-17-16(18)21)24-15(20)11(2)23-13-6-4-12(22-3)5-7-13/h4-7,10-11H,8-9H2,1-3H3,(H,17,21). The number of urea groups is 1. The van der Waals surface area contributed by atoms with Crippen LogP contribution < -0.4 is 14.8 Å². The first-order chi connectivity index (χ1) is 11.4. The predicted molar refractivity (Wildman–Crippen MR) is 83.7 cm³/mol. The van der Waals surface area contributed by atoms with Crippen LogP contribution in [0.1, 0.15) is 13.8 Å². The number of nitrogens with zero attached hydrogens (tertiary/aromatic N) is 1. The van der Waals surface area contributed by atoms with Gasteiger partial charge >= 0.3 is 12.0 Å². The molecule has 24 heavy (non-hydrogen) atoms. The van der Waals surface area contributed by atoms with Gasteiger partial charge in [0.25, 0.3) is 5.91 Å². The fourth-order valence-electron chi connectivity index (χ4n) is 2.13. The second-order valence-electron chi connectivity index (χ2n) is 5.24. The van der Waals surface area contributed by atoms with Gasteiger partial charge in [-0.25, -0.2) is 9.59 Å². The number of rotatable bonds is 6. The number of imide groups is 1. The second-order valence-corrected chi connectivity index (χ2v) is 5.24. The highest BCUT2D eigenvalue weighted by atomic mass is 16.6. The largest absolute Gasteiger partial charge is 0.497 e. The molecule has 1 fully saturated rings. The van der Waals surface area contributed by atoms with Crippen molar-refractivity contribution in [2.24, 2.45) is 0 Å². The van der Waals surface area contributed by atoms with Crippen molar-refractivity contribution in [3.63, 3.8) is 0 Å². The van der Waals surface area contributed by atoms with Gasteiger partial charge < -0.3 is 19.5 Å². The lowest BCUT2D eigenvalue weighted by atomic mass is 10.3. The number of carbonyl (C=O) groups excluding carboxylic acids is 3. The quantitative estimate of drug-likeness (QED) is 0.777. The molecule has 0 aliphatic carbocycles. The van der Waals surface area contributed by atoms with Crippen LogP contribution in [0.2, 0.25) is 0 Å². The molecule has 1 saturated heterocycles. The van der Waals surface area contributed by atoms with E-state index < -0.39 is 30.1 Å². The molecule has 0 saturated carbocycles. The number of hydrogen-bond acceptors (Lipinski definition) is 6. The van der Waals surface area contributed by atoms with E-state index in [1.54, 1.807) is 31.4 Å². The summed E-state index contributed by atoms with van der Waals surface area (Å²) in [4.78, 5) is 36.6. The van der Waals surface area contributed by atoms with Crippen molar-refractivity contribution in [3.8, 4) is 11.5 Å². The Kier molecular flexibility index (Phi) is 5.62.